The molecule has 5 heteroatoms. The van der Waals surface area contributed by atoms with Gasteiger partial charge in [0.15, 0.2) is 11.5 Å². The Labute approximate surface area is 134 Å². The lowest BCUT2D eigenvalue weighted by atomic mass is 10.1. The SMILES string of the molecule is COc1cccc(C=Cc2nnc(-c3ccccc3)o2)c1OC. The molecule has 0 aliphatic carbocycles. The van der Waals surface area contributed by atoms with Crippen molar-refractivity contribution in [3.63, 3.8) is 0 Å². The summed E-state index contributed by atoms with van der Waals surface area (Å²) in [6.07, 6.45) is 3.60. The van der Waals surface area contributed by atoms with Crippen LogP contribution in [0.1, 0.15) is 11.5 Å². The molecule has 0 amide bonds. The van der Waals surface area contributed by atoms with Gasteiger partial charge in [0, 0.05) is 17.2 Å². The molecule has 0 spiro atoms. The first-order valence-corrected chi connectivity index (χ1v) is 7.10. The lowest BCUT2D eigenvalue weighted by molar-refractivity contribution is 0.354. The van der Waals surface area contributed by atoms with Crippen LogP contribution in [0, 0.1) is 0 Å². The highest BCUT2D eigenvalue weighted by molar-refractivity contribution is 5.72. The highest BCUT2D eigenvalue weighted by Crippen LogP contribution is 2.31. The number of hydrogen-bond donors (Lipinski definition) is 0. The second-order valence-corrected chi connectivity index (χ2v) is 4.73. The number of methoxy groups -OCH3 is 2. The van der Waals surface area contributed by atoms with Gasteiger partial charge in [0.1, 0.15) is 0 Å². The molecule has 0 fully saturated rings. The van der Waals surface area contributed by atoms with Crippen molar-refractivity contribution in [3.05, 3.63) is 60.0 Å². The Kier molecular flexibility index (Phi) is 4.38. The molecule has 1 heterocycles. The van der Waals surface area contributed by atoms with Gasteiger partial charge in [-0.15, -0.1) is 10.2 Å². The van der Waals surface area contributed by atoms with Crippen LogP contribution in [0.15, 0.2) is 52.9 Å². The maximum Gasteiger partial charge on any atom is 0.248 e. The summed E-state index contributed by atoms with van der Waals surface area (Å²) in [6, 6.07) is 15.3. The maximum atomic E-state index is 5.64. The predicted octanol–water partition coefficient (Wildman–Crippen LogP) is 3.92. The van der Waals surface area contributed by atoms with Crippen molar-refractivity contribution in [1.82, 2.24) is 10.2 Å². The van der Waals surface area contributed by atoms with Gasteiger partial charge in [-0.1, -0.05) is 30.3 Å². The van der Waals surface area contributed by atoms with E-state index in [4.69, 9.17) is 13.9 Å². The zero-order valence-electron chi connectivity index (χ0n) is 12.9. The van der Waals surface area contributed by atoms with Crippen molar-refractivity contribution in [2.24, 2.45) is 0 Å². The topological polar surface area (TPSA) is 57.4 Å². The second-order valence-electron chi connectivity index (χ2n) is 4.73. The van der Waals surface area contributed by atoms with E-state index in [0.717, 1.165) is 11.1 Å². The Morgan fingerprint density at radius 3 is 2.43 bits per heavy atom. The molecule has 0 bridgehead atoms. The number of nitrogens with zero attached hydrogens (tertiary/aromatic N) is 2. The van der Waals surface area contributed by atoms with E-state index in [1.807, 2.05) is 54.6 Å². The summed E-state index contributed by atoms with van der Waals surface area (Å²) in [5.74, 6) is 2.25. The van der Waals surface area contributed by atoms with Crippen LogP contribution in [0.2, 0.25) is 0 Å². The van der Waals surface area contributed by atoms with Crippen molar-refractivity contribution in [2.45, 2.75) is 0 Å². The minimum absolute atomic E-state index is 0.425. The molecule has 0 aliphatic rings. The van der Waals surface area contributed by atoms with Gasteiger partial charge >= 0.3 is 0 Å². The lowest BCUT2D eigenvalue weighted by Gasteiger charge is -2.09. The van der Waals surface area contributed by atoms with Crippen LogP contribution < -0.4 is 9.47 Å². The minimum Gasteiger partial charge on any atom is -0.493 e. The van der Waals surface area contributed by atoms with Crippen LogP contribution >= 0.6 is 0 Å². The molecule has 0 radical (unpaired) electrons. The van der Waals surface area contributed by atoms with Crippen molar-refractivity contribution >= 4 is 12.2 Å². The van der Waals surface area contributed by atoms with Crippen LogP contribution in [-0.4, -0.2) is 24.4 Å². The second kappa shape index (κ2) is 6.79. The third-order valence-electron chi connectivity index (χ3n) is 3.30. The van der Waals surface area contributed by atoms with Crippen LogP contribution in [-0.2, 0) is 0 Å². The molecule has 23 heavy (non-hydrogen) atoms. The van der Waals surface area contributed by atoms with Crippen LogP contribution in [0.5, 0.6) is 11.5 Å². The molecular weight excluding hydrogens is 292 g/mol. The standard InChI is InChI=1S/C18H16N2O3/c1-21-15-10-6-9-13(17(15)22-2)11-12-16-19-20-18(23-16)14-7-4-3-5-8-14/h3-12H,1-2H3. The van der Waals surface area contributed by atoms with Crippen LogP contribution in [0.4, 0.5) is 0 Å². The van der Waals surface area contributed by atoms with Crippen molar-refractivity contribution in [3.8, 4) is 23.0 Å². The molecule has 3 rings (SSSR count). The first-order chi connectivity index (χ1) is 11.3. The first-order valence-electron chi connectivity index (χ1n) is 7.10. The summed E-state index contributed by atoms with van der Waals surface area (Å²) in [5, 5.41) is 8.08. The Hall–Kier alpha value is -3.08. The molecular formula is C18H16N2O3. The van der Waals surface area contributed by atoms with Gasteiger partial charge in [-0.2, -0.15) is 0 Å². The van der Waals surface area contributed by atoms with Gasteiger partial charge in [0.05, 0.1) is 14.2 Å². The van der Waals surface area contributed by atoms with Gasteiger partial charge in [0.25, 0.3) is 0 Å². The fourth-order valence-corrected chi connectivity index (χ4v) is 2.20. The molecule has 0 atom stereocenters. The minimum atomic E-state index is 0.425. The lowest BCUT2D eigenvalue weighted by Crippen LogP contribution is -1.92. The summed E-state index contributed by atoms with van der Waals surface area (Å²) in [6.45, 7) is 0. The number of ether oxygens (including phenoxy) is 2. The summed E-state index contributed by atoms with van der Waals surface area (Å²) in [5.41, 5.74) is 1.75. The molecule has 0 unspecified atom stereocenters. The molecule has 0 saturated carbocycles. The Balaban J connectivity index is 1.86. The summed E-state index contributed by atoms with van der Waals surface area (Å²) in [7, 11) is 3.21. The number of para-hydroxylation sites is 1. The third-order valence-corrected chi connectivity index (χ3v) is 3.30. The molecule has 116 valence electrons. The van der Waals surface area contributed by atoms with Crippen LogP contribution in [0.3, 0.4) is 0 Å². The zero-order chi connectivity index (χ0) is 16.1. The predicted molar refractivity (Wildman–Crippen MR) is 88.2 cm³/mol. The van der Waals surface area contributed by atoms with Crippen molar-refractivity contribution in [1.29, 1.82) is 0 Å². The largest absolute Gasteiger partial charge is 0.493 e. The van der Waals surface area contributed by atoms with E-state index in [0.29, 0.717) is 23.3 Å². The van der Waals surface area contributed by atoms with E-state index in [-0.39, 0.29) is 0 Å². The van der Waals surface area contributed by atoms with E-state index in [2.05, 4.69) is 10.2 Å². The molecule has 3 aromatic rings. The number of aromatic nitrogens is 2. The van der Waals surface area contributed by atoms with E-state index in [9.17, 15) is 0 Å². The average Bonchev–Trinajstić information content (AvgIpc) is 3.09. The van der Waals surface area contributed by atoms with Gasteiger partial charge in [-0.05, 0) is 24.3 Å². The summed E-state index contributed by atoms with van der Waals surface area (Å²) in [4.78, 5) is 0. The van der Waals surface area contributed by atoms with E-state index < -0.39 is 0 Å². The third kappa shape index (κ3) is 3.23. The van der Waals surface area contributed by atoms with Crippen LogP contribution in [0.25, 0.3) is 23.6 Å². The van der Waals surface area contributed by atoms with Crippen molar-refractivity contribution in [2.75, 3.05) is 14.2 Å². The molecule has 2 aromatic carbocycles. The van der Waals surface area contributed by atoms with Gasteiger partial charge in [-0.3, -0.25) is 0 Å². The fourth-order valence-electron chi connectivity index (χ4n) is 2.20. The van der Waals surface area contributed by atoms with E-state index in [1.54, 1.807) is 20.3 Å². The number of benzene rings is 2. The molecule has 1 aromatic heterocycles. The zero-order valence-corrected chi connectivity index (χ0v) is 12.9. The maximum absolute atomic E-state index is 5.64. The van der Waals surface area contributed by atoms with Crippen molar-refractivity contribution < 1.29 is 13.9 Å². The Bertz CT molecular complexity index is 810. The van der Waals surface area contributed by atoms with Gasteiger partial charge < -0.3 is 13.9 Å². The number of hydrogen-bond acceptors (Lipinski definition) is 5. The van der Waals surface area contributed by atoms with Gasteiger partial charge in [0.2, 0.25) is 11.8 Å². The quantitative estimate of drug-likeness (QED) is 0.715. The van der Waals surface area contributed by atoms with Gasteiger partial charge in [-0.25, -0.2) is 0 Å². The van der Waals surface area contributed by atoms with E-state index in [1.165, 1.54) is 0 Å². The average molecular weight is 308 g/mol. The molecule has 5 nitrogen and oxygen atoms in total. The number of rotatable bonds is 5. The molecule has 0 N–H and O–H groups in total. The Morgan fingerprint density at radius 1 is 0.870 bits per heavy atom. The molecule has 0 saturated heterocycles. The normalized spacial score (nSPS) is 10.9. The Morgan fingerprint density at radius 2 is 1.70 bits per heavy atom. The fraction of sp³-hybridized carbons (Fsp3) is 0.111. The summed E-state index contributed by atoms with van der Waals surface area (Å²) >= 11 is 0. The monoisotopic (exact) mass is 308 g/mol. The summed E-state index contributed by atoms with van der Waals surface area (Å²) < 4.78 is 16.3. The first kappa shape index (κ1) is 14.8. The smallest absolute Gasteiger partial charge is 0.248 e. The highest BCUT2D eigenvalue weighted by Gasteiger charge is 2.08. The molecule has 0 aliphatic heterocycles. The highest BCUT2D eigenvalue weighted by atomic mass is 16.5. The van der Waals surface area contributed by atoms with E-state index >= 15 is 0 Å².